The van der Waals surface area contributed by atoms with E-state index in [1.165, 1.54) is 0 Å². The molecule has 3 aliphatic rings. The van der Waals surface area contributed by atoms with Crippen LogP contribution in [0.25, 0.3) is 6.08 Å². The number of rotatable bonds is 2. The molecule has 0 unspecified atom stereocenters. The highest BCUT2D eigenvalue weighted by molar-refractivity contribution is 6.32. The number of fused-ring (bicyclic) bond motifs is 5. The van der Waals surface area contributed by atoms with E-state index < -0.39 is 23.4 Å². The van der Waals surface area contributed by atoms with E-state index in [0.717, 1.165) is 22.4 Å². The van der Waals surface area contributed by atoms with Crippen LogP contribution in [0.3, 0.4) is 0 Å². The number of anilines is 1. The van der Waals surface area contributed by atoms with Crippen molar-refractivity contribution in [2.24, 2.45) is 5.41 Å². The molecule has 1 spiro atoms. The lowest BCUT2D eigenvalue weighted by Crippen LogP contribution is -2.48. The smallest absolute Gasteiger partial charge is 0.180 e. The molecule has 0 aromatic heterocycles. The zero-order valence-electron chi connectivity index (χ0n) is 18.8. The number of carbonyl (C=O) groups is 3. The van der Waals surface area contributed by atoms with Crippen molar-refractivity contribution in [1.29, 1.82) is 0 Å². The van der Waals surface area contributed by atoms with Crippen molar-refractivity contribution in [3.8, 4) is 0 Å². The Balaban J connectivity index is 1.68. The first-order valence-electron chi connectivity index (χ1n) is 11.4. The molecule has 1 fully saturated rings. The lowest BCUT2D eigenvalue weighted by atomic mass is 9.64. The van der Waals surface area contributed by atoms with Crippen molar-refractivity contribution in [2.75, 3.05) is 4.90 Å². The van der Waals surface area contributed by atoms with E-state index in [1.54, 1.807) is 37.3 Å². The van der Waals surface area contributed by atoms with Crippen LogP contribution >= 0.6 is 11.6 Å². The number of ketones is 3. The van der Waals surface area contributed by atoms with Gasteiger partial charge in [-0.1, -0.05) is 77.8 Å². The Bertz CT molecular complexity index is 1390. The topological polar surface area (TPSA) is 54.5 Å². The van der Waals surface area contributed by atoms with Crippen molar-refractivity contribution >= 4 is 40.7 Å². The minimum atomic E-state index is -1.43. The van der Waals surface area contributed by atoms with Crippen LogP contribution in [0, 0.1) is 12.3 Å². The van der Waals surface area contributed by atoms with Crippen molar-refractivity contribution < 1.29 is 14.4 Å². The highest BCUT2D eigenvalue weighted by atomic mass is 35.5. The van der Waals surface area contributed by atoms with E-state index in [9.17, 15) is 14.4 Å². The summed E-state index contributed by atoms with van der Waals surface area (Å²) in [7, 11) is 0. The fraction of sp³-hybridized carbons (Fsp3) is 0.207. The number of aryl methyl sites for hydroxylation is 1. The summed E-state index contributed by atoms with van der Waals surface area (Å²) in [6.07, 6.45) is 3.83. The summed E-state index contributed by atoms with van der Waals surface area (Å²) < 4.78 is 0. The third-order valence-corrected chi connectivity index (χ3v) is 7.85. The van der Waals surface area contributed by atoms with E-state index >= 15 is 0 Å². The third kappa shape index (κ3) is 2.57. The summed E-state index contributed by atoms with van der Waals surface area (Å²) in [5.74, 6) is -1.13. The molecule has 0 amide bonds. The Morgan fingerprint density at radius 3 is 2.21 bits per heavy atom. The standard InChI is InChI=1S/C29H22ClNO3/c1-16-7-9-18(10-8-16)25-26(17(2)32)31-23-13-12-20(30)15-19(23)11-14-24(31)29(25)27(33)21-5-3-4-6-22(21)28(29)34/h3-15,24-26H,1-2H3/t24-,25-,26+/m0/s1. The Morgan fingerprint density at radius 2 is 1.59 bits per heavy atom. The Hall–Kier alpha value is -3.50. The van der Waals surface area contributed by atoms with Crippen LogP contribution in [0.15, 0.2) is 72.8 Å². The second-order valence-electron chi connectivity index (χ2n) is 9.43. The lowest BCUT2D eigenvalue weighted by Gasteiger charge is -2.37. The van der Waals surface area contributed by atoms with Gasteiger partial charge in [0.05, 0.1) is 12.1 Å². The zero-order valence-corrected chi connectivity index (χ0v) is 19.5. The van der Waals surface area contributed by atoms with Crippen LogP contribution in [0.2, 0.25) is 5.02 Å². The average molecular weight is 468 g/mol. The summed E-state index contributed by atoms with van der Waals surface area (Å²) in [6.45, 7) is 3.54. The van der Waals surface area contributed by atoms with Gasteiger partial charge in [0.15, 0.2) is 17.3 Å². The first-order valence-corrected chi connectivity index (χ1v) is 11.7. The van der Waals surface area contributed by atoms with E-state index in [0.29, 0.717) is 16.1 Å². The molecule has 3 aromatic carbocycles. The summed E-state index contributed by atoms with van der Waals surface area (Å²) in [6, 6.07) is 19.1. The predicted molar refractivity (Wildman–Crippen MR) is 133 cm³/mol. The lowest BCUT2D eigenvalue weighted by molar-refractivity contribution is -0.118. The van der Waals surface area contributed by atoms with E-state index in [-0.39, 0.29) is 17.3 Å². The molecule has 0 saturated carbocycles. The normalized spacial score (nSPS) is 23.7. The van der Waals surface area contributed by atoms with Crippen LogP contribution in [0.1, 0.15) is 50.2 Å². The van der Waals surface area contributed by atoms with Crippen molar-refractivity contribution in [2.45, 2.75) is 31.8 Å². The van der Waals surface area contributed by atoms with Gasteiger partial charge in [0.25, 0.3) is 0 Å². The molecule has 168 valence electrons. The second-order valence-corrected chi connectivity index (χ2v) is 9.87. The van der Waals surface area contributed by atoms with Gasteiger partial charge < -0.3 is 4.90 Å². The molecule has 1 saturated heterocycles. The fourth-order valence-corrected chi connectivity index (χ4v) is 6.43. The van der Waals surface area contributed by atoms with Gasteiger partial charge in [0.2, 0.25) is 0 Å². The minimum absolute atomic E-state index is 0.0831. The Morgan fingerprint density at radius 1 is 0.941 bits per heavy atom. The summed E-state index contributed by atoms with van der Waals surface area (Å²) >= 11 is 6.26. The van der Waals surface area contributed by atoms with Gasteiger partial charge >= 0.3 is 0 Å². The molecule has 2 aliphatic heterocycles. The number of Topliss-reactive ketones (excluding diaryl/α,β-unsaturated/α-hetero) is 3. The number of carbonyl (C=O) groups excluding carboxylic acids is 3. The minimum Gasteiger partial charge on any atom is -0.352 e. The van der Waals surface area contributed by atoms with Gasteiger partial charge in [0.1, 0.15) is 5.41 Å². The molecule has 0 N–H and O–H groups in total. The van der Waals surface area contributed by atoms with Crippen LogP contribution in [0.5, 0.6) is 0 Å². The van der Waals surface area contributed by atoms with Crippen molar-refractivity contribution in [1.82, 2.24) is 0 Å². The van der Waals surface area contributed by atoms with Crippen molar-refractivity contribution in [3.63, 3.8) is 0 Å². The number of hydrogen-bond donors (Lipinski definition) is 0. The molecule has 2 heterocycles. The van der Waals surface area contributed by atoms with E-state index in [4.69, 9.17) is 11.6 Å². The number of hydrogen-bond acceptors (Lipinski definition) is 4. The molecule has 3 aromatic rings. The van der Waals surface area contributed by atoms with Gasteiger partial charge in [-0.2, -0.15) is 0 Å². The van der Waals surface area contributed by atoms with Gasteiger partial charge in [-0.15, -0.1) is 0 Å². The average Bonchev–Trinajstić information content (AvgIpc) is 3.26. The largest absolute Gasteiger partial charge is 0.352 e. The second kappa shape index (κ2) is 7.25. The molecule has 0 bridgehead atoms. The van der Waals surface area contributed by atoms with Crippen LogP contribution in [0.4, 0.5) is 5.69 Å². The van der Waals surface area contributed by atoms with E-state index in [2.05, 4.69) is 0 Å². The van der Waals surface area contributed by atoms with Gasteiger partial charge in [-0.25, -0.2) is 0 Å². The van der Waals surface area contributed by atoms with Crippen LogP contribution in [-0.4, -0.2) is 29.4 Å². The molecule has 0 radical (unpaired) electrons. The van der Waals surface area contributed by atoms with Crippen LogP contribution < -0.4 is 4.90 Å². The molecule has 34 heavy (non-hydrogen) atoms. The molecule has 1 aliphatic carbocycles. The summed E-state index contributed by atoms with van der Waals surface area (Å²) in [4.78, 5) is 43.8. The molecule has 4 nitrogen and oxygen atoms in total. The molecule has 6 rings (SSSR count). The van der Waals surface area contributed by atoms with Crippen LogP contribution in [-0.2, 0) is 4.79 Å². The molecule has 3 atom stereocenters. The Kier molecular flexibility index (Phi) is 4.49. The molecular formula is C29H22ClNO3. The maximum absolute atomic E-state index is 14.3. The van der Waals surface area contributed by atoms with Gasteiger partial charge in [-0.3, -0.25) is 14.4 Å². The zero-order chi connectivity index (χ0) is 23.8. The quantitative estimate of drug-likeness (QED) is 0.455. The third-order valence-electron chi connectivity index (χ3n) is 7.62. The number of halogens is 1. The maximum Gasteiger partial charge on any atom is 0.180 e. The monoisotopic (exact) mass is 467 g/mol. The van der Waals surface area contributed by atoms with Crippen molar-refractivity contribution in [3.05, 3.63) is 106 Å². The SMILES string of the molecule is CC(=O)[C@@H]1[C@H](c2ccc(C)cc2)C2(C(=O)c3ccccc3C2=O)[C@@H]2C=Cc3cc(Cl)ccc3N12. The number of nitrogens with zero attached hydrogens (tertiary/aromatic N) is 1. The Labute approximate surface area is 202 Å². The first kappa shape index (κ1) is 21.1. The van der Waals surface area contributed by atoms with Gasteiger partial charge in [-0.05, 0) is 43.2 Å². The summed E-state index contributed by atoms with van der Waals surface area (Å²) in [5, 5.41) is 0.589. The van der Waals surface area contributed by atoms with E-state index in [1.807, 2.05) is 60.4 Å². The predicted octanol–water partition coefficient (Wildman–Crippen LogP) is 5.67. The number of benzene rings is 3. The maximum atomic E-state index is 14.3. The highest BCUT2D eigenvalue weighted by Crippen LogP contribution is 2.60. The van der Waals surface area contributed by atoms with Gasteiger partial charge in [0, 0.05) is 27.8 Å². The summed E-state index contributed by atoms with van der Waals surface area (Å²) in [5.41, 5.74) is 3.00. The fourth-order valence-electron chi connectivity index (χ4n) is 6.25. The molecule has 5 heteroatoms. The first-order chi connectivity index (χ1) is 16.4. The molecular weight excluding hydrogens is 446 g/mol. The highest BCUT2D eigenvalue weighted by Gasteiger charge is 2.71.